The topological polar surface area (TPSA) is 67.6 Å². The molecule has 1 rings (SSSR count). The third-order valence-corrected chi connectivity index (χ3v) is 3.15. The van der Waals surface area contributed by atoms with E-state index in [1.54, 1.807) is 0 Å². The van der Waals surface area contributed by atoms with Crippen molar-refractivity contribution in [1.29, 1.82) is 0 Å². The molecule has 0 bridgehead atoms. The zero-order valence-corrected chi connectivity index (χ0v) is 14.5. The van der Waals surface area contributed by atoms with Gasteiger partial charge in [0.15, 0.2) is 0 Å². The molecule has 0 aromatic rings. The van der Waals surface area contributed by atoms with Crippen molar-refractivity contribution in [2.24, 2.45) is 11.1 Å². The summed E-state index contributed by atoms with van der Waals surface area (Å²) in [6.07, 6.45) is 1.40. The van der Waals surface area contributed by atoms with Gasteiger partial charge in [-0.15, -0.1) is 24.8 Å². The SMILES string of the molecule is CN(C)CC(C)(C)CNC(=O)[C@@H]1CC[C@H](CN)O1.Cl.Cl. The van der Waals surface area contributed by atoms with Gasteiger partial charge in [-0.3, -0.25) is 4.79 Å². The van der Waals surface area contributed by atoms with Gasteiger partial charge in [-0.1, -0.05) is 13.8 Å². The summed E-state index contributed by atoms with van der Waals surface area (Å²) >= 11 is 0. The molecule has 20 heavy (non-hydrogen) atoms. The highest BCUT2D eigenvalue weighted by Crippen LogP contribution is 2.20. The van der Waals surface area contributed by atoms with Crippen LogP contribution in [-0.2, 0) is 9.53 Å². The standard InChI is InChI=1S/C13H27N3O2.2ClH/c1-13(2,9-16(3)4)8-15-12(17)11-6-5-10(7-14)18-11;;/h10-11H,5-9,14H2,1-4H3,(H,15,17);2*1H/t10-,11+;;/m1../s1. The highest BCUT2D eigenvalue weighted by Gasteiger charge is 2.30. The lowest BCUT2D eigenvalue weighted by atomic mass is 9.93. The first-order valence-corrected chi connectivity index (χ1v) is 6.62. The summed E-state index contributed by atoms with van der Waals surface area (Å²) in [5.74, 6) is -0.00205. The second-order valence-corrected chi connectivity index (χ2v) is 6.18. The van der Waals surface area contributed by atoms with Crippen molar-refractivity contribution < 1.29 is 9.53 Å². The molecule has 0 aliphatic carbocycles. The Balaban J connectivity index is 0. The summed E-state index contributed by atoms with van der Waals surface area (Å²) in [6.45, 7) is 6.38. The normalized spacial score (nSPS) is 22.1. The highest BCUT2D eigenvalue weighted by molar-refractivity contribution is 5.85. The van der Waals surface area contributed by atoms with Gasteiger partial charge in [0.1, 0.15) is 6.10 Å². The van der Waals surface area contributed by atoms with Gasteiger partial charge in [0.05, 0.1) is 6.10 Å². The summed E-state index contributed by atoms with van der Waals surface area (Å²) < 4.78 is 5.57. The van der Waals surface area contributed by atoms with E-state index in [9.17, 15) is 4.79 Å². The van der Waals surface area contributed by atoms with Crippen LogP contribution in [0, 0.1) is 5.41 Å². The molecule has 2 atom stereocenters. The Morgan fingerprint density at radius 1 is 1.35 bits per heavy atom. The van der Waals surface area contributed by atoms with Gasteiger partial charge in [0.25, 0.3) is 0 Å². The summed E-state index contributed by atoms with van der Waals surface area (Å²) in [7, 11) is 4.07. The summed E-state index contributed by atoms with van der Waals surface area (Å²) in [4.78, 5) is 14.1. The van der Waals surface area contributed by atoms with Crippen molar-refractivity contribution in [3.05, 3.63) is 0 Å². The Morgan fingerprint density at radius 2 is 1.95 bits per heavy atom. The molecule has 0 aromatic heterocycles. The van der Waals surface area contributed by atoms with Crippen molar-refractivity contribution in [2.45, 2.75) is 38.9 Å². The number of carbonyl (C=O) groups is 1. The van der Waals surface area contributed by atoms with E-state index in [1.807, 2.05) is 14.1 Å². The zero-order valence-electron chi connectivity index (χ0n) is 12.8. The quantitative estimate of drug-likeness (QED) is 0.764. The molecule has 122 valence electrons. The maximum Gasteiger partial charge on any atom is 0.249 e. The second-order valence-electron chi connectivity index (χ2n) is 6.18. The Kier molecular flexibility index (Phi) is 10.9. The van der Waals surface area contributed by atoms with Crippen LogP contribution in [0.3, 0.4) is 0 Å². The van der Waals surface area contributed by atoms with Crippen LogP contribution in [0.4, 0.5) is 0 Å². The third-order valence-electron chi connectivity index (χ3n) is 3.15. The van der Waals surface area contributed by atoms with Gasteiger partial charge in [0.2, 0.25) is 5.91 Å². The number of amides is 1. The van der Waals surface area contributed by atoms with E-state index in [1.165, 1.54) is 0 Å². The largest absolute Gasteiger partial charge is 0.364 e. The van der Waals surface area contributed by atoms with Crippen LogP contribution in [0.15, 0.2) is 0 Å². The number of hydrogen-bond acceptors (Lipinski definition) is 4. The zero-order chi connectivity index (χ0) is 13.8. The molecule has 1 aliphatic rings. The van der Waals surface area contributed by atoms with E-state index < -0.39 is 0 Å². The van der Waals surface area contributed by atoms with E-state index in [-0.39, 0.29) is 48.3 Å². The number of nitrogens with two attached hydrogens (primary N) is 1. The minimum absolute atomic E-state index is 0. The molecule has 1 fully saturated rings. The van der Waals surface area contributed by atoms with Crippen molar-refractivity contribution >= 4 is 30.7 Å². The van der Waals surface area contributed by atoms with Gasteiger partial charge in [-0.05, 0) is 32.4 Å². The van der Waals surface area contributed by atoms with Crippen LogP contribution in [0.1, 0.15) is 26.7 Å². The molecule has 0 radical (unpaired) electrons. The summed E-state index contributed by atoms with van der Waals surface area (Å²) in [5, 5.41) is 2.98. The van der Waals surface area contributed by atoms with Crippen LogP contribution in [0.2, 0.25) is 0 Å². The fraction of sp³-hybridized carbons (Fsp3) is 0.923. The molecule has 5 nitrogen and oxygen atoms in total. The maximum absolute atomic E-state index is 11.9. The molecule has 0 unspecified atom stereocenters. The van der Waals surface area contributed by atoms with E-state index in [0.717, 1.165) is 19.4 Å². The van der Waals surface area contributed by atoms with E-state index >= 15 is 0 Å². The molecule has 0 spiro atoms. The minimum atomic E-state index is -0.311. The third kappa shape index (κ3) is 7.64. The van der Waals surface area contributed by atoms with Gasteiger partial charge in [-0.25, -0.2) is 0 Å². The van der Waals surface area contributed by atoms with Crippen LogP contribution in [-0.4, -0.2) is 56.7 Å². The average Bonchev–Trinajstić information content (AvgIpc) is 2.72. The number of halogens is 2. The van der Waals surface area contributed by atoms with E-state index in [4.69, 9.17) is 10.5 Å². The number of nitrogens with zero attached hydrogens (tertiary/aromatic N) is 1. The molecule has 0 aromatic carbocycles. The molecule has 7 heteroatoms. The minimum Gasteiger partial charge on any atom is -0.364 e. The van der Waals surface area contributed by atoms with E-state index in [0.29, 0.717) is 13.1 Å². The summed E-state index contributed by atoms with van der Waals surface area (Å²) in [5.41, 5.74) is 5.59. The Labute approximate surface area is 134 Å². The molecule has 3 N–H and O–H groups in total. The summed E-state index contributed by atoms with van der Waals surface area (Å²) in [6, 6.07) is 0. The predicted octanol–water partition coefficient (Wildman–Crippen LogP) is 1.04. The maximum atomic E-state index is 11.9. The van der Waals surface area contributed by atoms with Gasteiger partial charge in [0, 0.05) is 19.6 Å². The van der Waals surface area contributed by atoms with Crippen molar-refractivity contribution in [2.75, 3.05) is 33.7 Å². The first-order chi connectivity index (χ1) is 8.34. The van der Waals surface area contributed by atoms with E-state index in [2.05, 4.69) is 24.1 Å². The first kappa shape index (κ1) is 22.2. The number of nitrogens with one attached hydrogen (secondary N) is 1. The number of carbonyl (C=O) groups excluding carboxylic acids is 1. The van der Waals surface area contributed by atoms with Gasteiger partial charge >= 0.3 is 0 Å². The lowest BCUT2D eigenvalue weighted by molar-refractivity contribution is -0.132. The van der Waals surface area contributed by atoms with Crippen LogP contribution in [0.25, 0.3) is 0 Å². The Bertz CT molecular complexity index is 289. The average molecular weight is 330 g/mol. The van der Waals surface area contributed by atoms with Gasteiger partial charge in [-0.2, -0.15) is 0 Å². The van der Waals surface area contributed by atoms with Crippen LogP contribution >= 0.6 is 24.8 Å². The van der Waals surface area contributed by atoms with Gasteiger partial charge < -0.3 is 20.7 Å². The highest BCUT2D eigenvalue weighted by atomic mass is 35.5. The fourth-order valence-electron chi connectivity index (χ4n) is 2.42. The monoisotopic (exact) mass is 329 g/mol. The molecule has 0 saturated carbocycles. The lowest BCUT2D eigenvalue weighted by Crippen LogP contribution is -2.43. The lowest BCUT2D eigenvalue weighted by Gasteiger charge is -2.28. The second kappa shape index (κ2) is 9.79. The molecule has 1 saturated heterocycles. The van der Waals surface area contributed by atoms with Crippen molar-refractivity contribution in [3.63, 3.8) is 0 Å². The van der Waals surface area contributed by atoms with Crippen molar-refractivity contribution in [1.82, 2.24) is 10.2 Å². The molecular weight excluding hydrogens is 301 g/mol. The number of ether oxygens (including phenoxy) is 1. The first-order valence-electron chi connectivity index (χ1n) is 6.62. The fourth-order valence-corrected chi connectivity index (χ4v) is 2.42. The number of rotatable bonds is 6. The molecule has 1 aliphatic heterocycles. The number of hydrogen-bond donors (Lipinski definition) is 2. The Hall–Kier alpha value is -0.0700. The predicted molar refractivity (Wildman–Crippen MR) is 86.8 cm³/mol. The Morgan fingerprint density at radius 3 is 2.40 bits per heavy atom. The molecular formula is C13H29Cl2N3O2. The van der Waals surface area contributed by atoms with Crippen LogP contribution in [0.5, 0.6) is 0 Å². The van der Waals surface area contributed by atoms with Crippen LogP contribution < -0.4 is 11.1 Å². The molecule has 1 amide bonds. The van der Waals surface area contributed by atoms with Crippen molar-refractivity contribution in [3.8, 4) is 0 Å². The molecule has 1 heterocycles. The smallest absolute Gasteiger partial charge is 0.249 e.